The molecule has 0 atom stereocenters. The third kappa shape index (κ3) is 4.82. The topological polar surface area (TPSA) is 147 Å². The van der Waals surface area contributed by atoms with Crippen LogP contribution in [0.25, 0.3) is 22.6 Å². The van der Waals surface area contributed by atoms with Gasteiger partial charge in [-0.2, -0.15) is 8.42 Å². The van der Waals surface area contributed by atoms with Crippen molar-refractivity contribution in [3.05, 3.63) is 74.8 Å². The average Bonchev–Trinajstić information content (AvgIpc) is 3.24. The lowest BCUT2D eigenvalue weighted by atomic mass is 10.2. The Kier molecular flexibility index (Phi) is 6.49. The highest BCUT2D eigenvalue weighted by atomic mass is 35.5. The predicted molar refractivity (Wildman–Crippen MR) is 128 cm³/mol. The van der Waals surface area contributed by atoms with Crippen molar-refractivity contribution in [2.45, 2.75) is 16.7 Å². The monoisotopic (exact) mass is 556 g/mol. The van der Waals surface area contributed by atoms with Crippen molar-refractivity contribution in [3.63, 3.8) is 0 Å². The molecule has 4 aromatic rings. The van der Waals surface area contributed by atoms with Gasteiger partial charge in [0.15, 0.2) is 15.4 Å². The van der Waals surface area contributed by atoms with Gasteiger partial charge in [0.2, 0.25) is 11.6 Å². The molecule has 10 nitrogen and oxygen atoms in total. The lowest BCUT2D eigenvalue weighted by Gasteiger charge is -2.10. The van der Waals surface area contributed by atoms with Crippen LogP contribution in [0, 0.1) is 10.1 Å². The second-order valence-electron chi connectivity index (χ2n) is 7.08. The minimum absolute atomic E-state index is 0.0351. The van der Waals surface area contributed by atoms with Crippen LogP contribution >= 0.6 is 23.2 Å². The summed E-state index contributed by atoms with van der Waals surface area (Å²) >= 11 is 11.8. The fourth-order valence-electron chi connectivity index (χ4n) is 3.09. The molecule has 4 rings (SSSR count). The Labute approximate surface area is 209 Å². The van der Waals surface area contributed by atoms with Gasteiger partial charge in [-0.15, -0.1) is 0 Å². The molecule has 0 aliphatic heterocycles. The van der Waals surface area contributed by atoms with Crippen molar-refractivity contribution in [3.8, 4) is 17.2 Å². The first-order valence-electron chi connectivity index (χ1n) is 9.73. The molecule has 1 aromatic heterocycles. The molecule has 14 heteroatoms. The Bertz CT molecular complexity index is 1700. The SMILES string of the molecule is CCS(=O)(=O)c1ccc2oc(-c3ccc(OS(=O)(=O)c4cccc(Cl)c4Cl)c([N+](=O)[O-])c3)nc2c1. The molecule has 0 aliphatic rings. The third-order valence-electron chi connectivity index (χ3n) is 4.89. The number of oxazole rings is 1. The van der Waals surface area contributed by atoms with Gasteiger partial charge in [0.1, 0.15) is 10.4 Å². The van der Waals surface area contributed by atoms with Gasteiger partial charge in [-0.3, -0.25) is 10.1 Å². The van der Waals surface area contributed by atoms with Crippen molar-refractivity contribution in [2.75, 3.05) is 5.75 Å². The molecule has 0 radical (unpaired) electrons. The smallest absolute Gasteiger partial charge is 0.341 e. The van der Waals surface area contributed by atoms with Gasteiger partial charge in [-0.05, 0) is 42.5 Å². The van der Waals surface area contributed by atoms with E-state index in [4.69, 9.17) is 31.8 Å². The summed E-state index contributed by atoms with van der Waals surface area (Å²) in [6.07, 6.45) is 0. The van der Waals surface area contributed by atoms with E-state index in [2.05, 4.69) is 4.98 Å². The lowest BCUT2D eigenvalue weighted by molar-refractivity contribution is -0.385. The number of aromatic nitrogens is 1. The van der Waals surface area contributed by atoms with E-state index >= 15 is 0 Å². The summed E-state index contributed by atoms with van der Waals surface area (Å²) in [7, 11) is -8.04. The van der Waals surface area contributed by atoms with E-state index in [0.29, 0.717) is 0 Å². The van der Waals surface area contributed by atoms with Crippen LogP contribution in [-0.4, -0.2) is 32.5 Å². The van der Waals surface area contributed by atoms with Crippen LogP contribution in [0.1, 0.15) is 6.92 Å². The van der Waals surface area contributed by atoms with Crippen LogP contribution in [0.3, 0.4) is 0 Å². The molecule has 0 bridgehead atoms. The quantitative estimate of drug-likeness (QED) is 0.168. The average molecular weight is 557 g/mol. The lowest BCUT2D eigenvalue weighted by Crippen LogP contribution is -2.11. The number of rotatable bonds is 7. The summed E-state index contributed by atoms with van der Waals surface area (Å²) in [5.41, 5.74) is -0.0500. The molecule has 0 N–H and O–H groups in total. The highest BCUT2D eigenvalue weighted by Crippen LogP contribution is 2.37. The van der Waals surface area contributed by atoms with Crippen LogP contribution in [0.4, 0.5) is 5.69 Å². The molecule has 3 aromatic carbocycles. The first-order valence-corrected chi connectivity index (χ1v) is 13.6. The van der Waals surface area contributed by atoms with Gasteiger partial charge in [-0.1, -0.05) is 36.2 Å². The molecule has 0 saturated carbocycles. The molecular weight excluding hydrogens is 543 g/mol. The molecule has 0 aliphatic carbocycles. The molecule has 0 fully saturated rings. The number of hydrogen-bond donors (Lipinski definition) is 0. The first kappa shape index (κ1) is 24.9. The Balaban J connectivity index is 1.74. The van der Waals surface area contributed by atoms with Crippen molar-refractivity contribution in [1.29, 1.82) is 0 Å². The molecule has 35 heavy (non-hydrogen) atoms. The Morgan fingerprint density at radius 3 is 2.49 bits per heavy atom. The van der Waals surface area contributed by atoms with Crippen molar-refractivity contribution >= 4 is 59.9 Å². The van der Waals surface area contributed by atoms with Crippen LogP contribution in [0.5, 0.6) is 5.75 Å². The molecule has 0 unspecified atom stereocenters. The number of hydrogen-bond acceptors (Lipinski definition) is 9. The van der Waals surface area contributed by atoms with Crippen LogP contribution < -0.4 is 4.18 Å². The van der Waals surface area contributed by atoms with E-state index in [1.54, 1.807) is 0 Å². The molecule has 182 valence electrons. The summed E-state index contributed by atoms with van der Waals surface area (Å²) in [4.78, 5) is 14.7. The third-order valence-corrected chi connectivity index (χ3v) is 8.83. The molecule has 0 spiro atoms. The van der Waals surface area contributed by atoms with Crippen LogP contribution in [0.2, 0.25) is 10.0 Å². The van der Waals surface area contributed by atoms with E-state index in [1.807, 2.05) is 0 Å². The van der Waals surface area contributed by atoms with E-state index in [0.717, 1.165) is 18.2 Å². The Morgan fingerprint density at radius 2 is 1.80 bits per heavy atom. The largest absolute Gasteiger partial charge is 0.436 e. The van der Waals surface area contributed by atoms with Crippen molar-refractivity contribution in [1.82, 2.24) is 4.98 Å². The maximum absolute atomic E-state index is 12.7. The van der Waals surface area contributed by atoms with Crippen molar-refractivity contribution in [2.24, 2.45) is 0 Å². The highest BCUT2D eigenvalue weighted by Gasteiger charge is 2.27. The molecule has 1 heterocycles. The van der Waals surface area contributed by atoms with Gasteiger partial charge >= 0.3 is 15.8 Å². The normalized spacial score (nSPS) is 12.1. The number of nitro groups is 1. The predicted octanol–water partition coefficient (Wildman–Crippen LogP) is 5.27. The first-order chi connectivity index (χ1) is 16.4. The fourth-order valence-corrected chi connectivity index (χ4v) is 5.68. The van der Waals surface area contributed by atoms with E-state index in [9.17, 15) is 26.9 Å². The Hall–Kier alpha value is -3.19. The van der Waals surface area contributed by atoms with Gasteiger partial charge in [-0.25, -0.2) is 13.4 Å². The zero-order valence-electron chi connectivity index (χ0n) is 17.6. The summed E-state index contributed by atoms with van der Waals surface area (Å²) in [6.45, 7) is 1.51. The van der Waals surface area contributed by atoms with E-state index < -0.39 is 41.2 Å². The zero-order valence-corrected chi connectivity index (χ0v) is 20.8. The fraction of sp³-hybridized carbons (Fsp3) is 0.0952. The summed E-state index contributed by atoms with van der Waals surface area (Å²) in [5, 5.41) is 11.4. The maximum atomic E-state index is 12.7. The summed E-state index contributed by atoms with van der Waals surface area (Å²) < 4.78 is 60.2. The molecular formula is C21H14Cl2N2O8S2. The zero-order chi connectivity index (χ0) is 25.5. The van der Waals surface area contributed by atoms with Gasteiger partial charge in [0, 0.05) is 11.6 Å². The standard InChI is InChI=1S/C21H14Cl2N2O8S2/c1-2-34(28,29)13-7-9-17-15(11-13)24-21(32-17)12-6-8-18(16(10-12)25(26)27)33-35(30,31)19-5-3-4-14(22)20(19)23/h3-11H,2H2,1H3. The number of halogens is 2. The second-order valence-corrected chi connectivity index (χ2v) is 11.7. The summed E-state index contributed by atoms with van der Waals surface area (Å²) in [6, 6.07) is 11.4. The van der Waals surface area contributed by atoms with E-state index in [-0.39, 0.29) is 43.2 Å². The molecule has 0 amide bonds. The summed E-state index contributed by atoms with van der Waals surface area (Å²) in [5.74, 6) is -0.705. The highest BCUT2D eigenvalue weighted by molar-refractivity contribution is 7.91. The number of nitrogens with zero attached hydrogens (tertiary/aromatic N) is 2. The van der Waals surface area contributed by atoms with Gasteiger partial charge < -0.3 is 8.60 Å². The number of sulfone groups is 1. The number of benzene rings is 3. The number of fused-ring (bicyclic) bond motifs is 1. The minimum atomic E-state index is -4.56. The Morgan fingerprint density at radius 1 is 1.06 bits per heavy atom. The minimum Gasteiger partial charge on any atom is -0.436 e. The second kappa shape index (κ2) is 9.11. The van der Waals surface area contributed by atoms with Crippen molar-refractivity contribution < 1.29 is 30.4 Å². The van der Waals surface area contributed by atoms with Crippen LogP contribution in [-0.2, 0) is 20.0 Å². The molecule has 0 saturated heterocycles. The van der Waals surface area contributed by atoms with Crippen LogP contribution in [0.15, 0.2) is 68.8 Å². The van der Waals surface area contributed by atoms with Gasteiger partial charge in [0.05, 0.1) is 25.6 Å². The van der Waals surface area contributed by atoms with E-state index in [1.165, 1.54) is 43.3 Å². The number of nitro benzene ring substituents is 1. The van der Waals surface area contributed by atoms with Gasteiger partial charge in [0.25, 0.3) is 0 Å². The maximum Gasteiger partial charge on any atom is 0.341 e.